The third-order valence-corrected chi connectivity index (χ3v) is 4.55. The molecule has 0 fully saturated rings. The first-order valence-corrected chi connectivity index (χ1v) is 9.90. The molecule has 0 aliphatic heterocycles. The predicted octanol–water partition coefficient (Wildman–Crippen LogP) is 3.70. The highest BCUT2D eigenvalue weighted by Gasteiger charge is 2.12. The van der Waals surface area contributed by atoms with Crippen molar-refractivity contribution < 1.29 is 14.3 Å². The first-order valence-electron chi connectivity index (χ1n) is 9.90. The molecule has 6 heteroatoms. The summed E-state index contributed by atoms with van der Waals surface area (Å²) < 4.78 is 6.05. The molecule has 2 amide bonds. The van der Waals surface area contributed by atoms with Gasteiger partial charge in [-0.1, -0.05) is 67.1 Å². The summed E-state index contributed by atoms with van der Waals surface area (Å²) in [6, 6.07) is 19.8. The van der Waals surface area contributed by atoms with Crippen LogP contribution in [0.25, 0.3) is 10.8 Å². The van der Waals surface area contributed by atoms with Crippen LogP contribution in [-0.2, 0) is 16.2 Å². The van der Waals surface area contributed by atoms with Crippen LogP contribution < -0.4 is 15.5 Å². The van der Waals surface area contributed by atoms with Crippen molar-refractivity contribution in [2.24, 2.45) is 5.10 Å². The summed E-state index contributed by atoms with van der Waals surface area (Å²) >= 11 is 0. The van der Waals surface area contributed by atoms with E-state index in [1.165, 1.54) is 11.8 Å². The van der Waals surface area contributed by atoms with Gasteiger partial charge in [-0.25, -0.2) is 5.43 Å². The molecule has 0 saturated carbocycles. The molecule has 0 aliphatic rings. The summed E-state index contributed by atoms with van der Waals surface area (Å²) in [5.74, 6) is -0.868. The molecule has 0 aliphatic carbocycles. The minimum absolute atomic E-state index is 0.408. The molecule has 154 valence electrons. The number of benzene rings is 3. The fraction of sp³-hybridized carbons (Fsp3) is 0.208. The lowest BCUT2D eigenvalue weighted by Gasteiger charge is -2.12. The number of hydrazone groups is 1. The maximum atomic E-state index is 11.9. The monoisotopic (exact) mass is 403 g/mol. The molecule has 0 saturated heterocycles. The van der Waals surface area contributed by atoms with Crippen LogP contribution in [-0.4, -0.2) is 24.6 Å². The zero-order valence-electron chi connectivity index (χ0n) is 17.1. The summed E-state index contributed by atoms with van der Waals surface area (Å²) in [5.41, 5.74) is 5.25. The molecular formula is C24H25N3O3. The number of ether oxygens (including phenoxy) is 1. The smallest absolute Gasteiger partial charge is 0.329 e. The second-order valence-electron chi connectivity index (χ2n) is 6.93. The first kappa shape index (κ1) is 21.0. The van der Waals surface area contributed by atoms with E-state index >= 15 is 0 Å². The van der Waals surface area contributed by atoms with E-state index in [0.717, 1.165) is 28.3 Å². The Balaban J connectivity index is 1.80. The van der Waals surface area contributed by atoms with Gasteiger partial charge in [0.1, 0.15) is 12.4 Å². The van der Waals surface area contributed by atoms with Crippen molar-refractivity contribution >= 4 is 28.8 Å². The summed E-state index contributed by atoms with van der Waals surface area (Å²) in [5, 5.41) is 8.46. The fourth-order valence-corrected chi connectivity index (χ4v) is 2.91. The van der Waals surface area contributed by atoms with Crippen LogP contribution in [0.1, 0.15) is 30.0 Å². The highest BCUT2D eigenvalue weighted by atomic mass is 16.5. The number of carbonyl (C=O) groups excluding carboxylic acids is 2. The zero-order chi connectivity index (χ0) is 21.3. The van der Waals surface area contributed by atoms with Crippen molar-refractivity contribution in [3.8, 4) is 5.75 Å². The maximum Gasteiger partial charge on any atom is 0.329 e. The number of amides is 2. The lowest BCUT2D eigenvalue weighted by molar-refractivity contribution is -0.139. The predicted molar refractivity (Wildman–Crippen MR) is 118 cm³/mol. The lowest BCUT2D eigenvalue weighted by Crippen LogP contribution is -2.38. The number of carbonyl (C=O) groups is 2. The van der Waals surface area contributed by atoms with Crippen LogP contribution in [0.5, 0.6) is 5.75 Å². The lowest BCUT2D eigenvalue weighted by atomic mass is 10.0. The molecule has 0 aromatic heterocycles. The van der Waals surface area contributed by atoms with E-state index in [-0.39, 0.29) is 0 Å². The Labute approximate surface area is 175 Å². The van der Waals surface area contributed by atoms with Crippen molar-refractivity contribution in [2.45, 2.75) is 26.9 Å². The average molecular weight is 403 g/mol. The molecule has 0 atom stereocenters. The number of nitrogens with zero attached hydrogens (tertiary/aromatic N) is 1. The van der Waals surface area contributed by atoms with Crippen LogP contribution in [0.15, 0.2) is 65.8 Å². The topological polar surface area (TPSA) is 79.8 Å². The van der Waals surface area contributed by atoms with Gasteiger partial charge in [0.25, 0.3) is 0 Å². The van der Waals surface area contributed by atoms with Gasteiger partial charge in [0.05, 0.1) is 6.21 Å². The Bertz CT molecular complexity index is 1060. The van der Waals surface area contributed by atoms with E-state index in [1.807, 2.05) is 74.5 Å². The number of aryl methyl sites for hydroxylation is 1. The van der Waals surface area contributed by atoms with Crippen molar-refractivity contribution in [2.75, 3.05) is 6.54 Å². The summed E-state index contributed by atoms with van der Waals surface area (Å²) in [6.07, 6.45) is 2.26. The Kier molecular flexibility index (Phi) is 7.16. The van der Waals surface area contributed by atoms with Gasteiger partial charge in [0, 0.05) is 12.1 Å². The van der Waals surface area contributed by atoms with Crippen molar-refractivity contribution in [1.29, 1.82) is 0 Å². The largest absolute Gasteiger partial charge is 0.488 e. The van der Waals surface area contributed by atoms with Gasteiger partial charge in [0.2, 0.25) is 0 Å². The Hall–Kier alpha value is -3.67. The SMILES string of the molecule is CCCNC(=O)C(=O)N/N=C\c1c(OCc2ccc(C)cc2)ccc2ccccc12. The van der Waals surface area contributed by atoms with E-state index in [9.17, 15) is 9.59 Å². The maximum absolute atomic E-state index is 11.9. The van der Waals surface area contributed by atoms with Gasteiger partial charge in [0.15, 0.2) is 0 Å². The molecule has 0 unspecified atom stereocenters. The molecule has 3 rings (SSSR count). The van der Waals surface area contributed by atoms with Crippen molar-refractivity contribution in [1.82, 2.24) is 10.7 Å². The molecule has 6 nitrogen and oxygen atoms in total. The van der Waals surface area contributed by atoms with Gasteiger partial charge in [-0.2, -0.15) is 5.10 Å². The molecule has 0 radical (unpaired) electrons. The normalized spacial score (nSPS) is 10.9. The highest BCUT2D eigenvalue weighted by Crippen LogP contribution is 2.27. The zero-order valence-corrected chi connectivity index (χ0v) is 17.1. The summed E-state index contributed by atoms with van der Waals surface area (Å²) in [6.45, 7) is 4.80. The summed E-state index contributed by atoms with van der Waals surface area (Å²) in [7, 11) is 0. The number of fused-ring (bicyclic) bond motifs is 1. The van der Waals surface area contributed by atoms with Crippen LogP contribution >= 0.6 is 0 Å². The molecule has 2 N–H and O–H groups in total. The third kappa shape index (κ3) is 5.44. The average Bonchev–Trinajstić information content (AvgIpc) is 2.77. The molecular weight excluding hydrogens is 378 g/mol. The Morgan fingerprint density at radius 3 is 2.53 bits per heavy atom. The van der Waals surface area contributed by atoms with Gasteiger partial charge in [-0.15, -0.1) is 0 Å². The highest BCUT2D eigenvalue weighted by molar-refractivity contribution is 6.35. The molecule has 0 spiro atoms. The van der Waals surface area contributed by atoms with Gasteiger partial charge < -0.3 is 10.1 Å². The number of hydrogen-bond donors (Lipinski definition) is 2. The standard InChI is InChI=1S/C24H25N3O3/c1-3-14-25-23(28)24(29)27-26-15-21-20-7-5-4-6-19(20)12-13-22(21)30-16-18-10-8-17(2)9-11-18/h4-13,15H,3,14,16H2,1-2H3,(H,25,28)(H,27,29)/b26-15-. The van der Waals surface area contributed by atoms with Gasteiger partial charge in [-0.3, -0.25) is 9.59 Å². The molecule has 0 heterocycles. The fourth-order valence-electron chi connectivity index (χ4n) is 2.91. The first-order chi connectivity index (χ1) is 14.6. The van der Waals surface area contributed by atoms with Crippen LogP contribution in [0.4, 0.5) is 0 Å². The minimum Gasteiger partial charge on any atom is -0.488 e. The number of hydrogen-bond acceptors (Lipinski definition) is 4. The van der Waals surface area contributed by atoms with Crippen molar-refractivity contribution in [3.05, 3.63) is 77.4 Å². The molecule has 3 aromatic carbocycles. The van der Waals surface area contributed by atoms with Crippen LogP contribution in [0.3, 0.4) is 0 Å². The van der Waals surface area contributed by atoms with E-state index in [4.69, 9.17) is 4.74 Å². The number of rotatable bonds is 7. The Morgan fingerprint density at radius 1 is 1.00 bits per heavy atom. The van der Waals surface area contributed by atoms with Gasteiger partial charge in [-0.05, 0) is 35.7 Å². The van der Waals surface area contributed by atoms with E-state index < -0.39 is 11.8 Å². The third-order valence-electron chi connectivity index (χ3n) is 4.55. The minimum atomic E-state index is -0.804. The Morgan fingerprint density at radius 2 is 1.77 bits per heavy atom. The van der Waals surface area contributed by atoms with E-state index in [0.29, 0.717) is 18.9 Å². The summed E-state index contributed by atoms with van der Waals surface area (Å²) in [4.78, 5) is 23.5. The van der Waals surface area contributed by atoms with Crippen molar-refractivity contribution in [3.63, 3.8) is 0 Å². The number of nitrogens with one attached hydrogen (secondary N) is 2. The molecule has 3 aromatic rings. The van der Waals surface area contributed by atoms with Gasteiger partial charge >= 0.3 is 11.8 Å². The van der Waals surface area contributed by atoms with E-state index in [2.05, 4.69) is 15.8 Å². The quantitative estimate of drug-likeness (QED) is 0.359. The molecule has 30 heavy (non-hydrogen) atoms. The molecule has 0 bridgehead atoms. The second kappa shape index (κ2) is 10.2. The second-order valence-corrected chi connectivity index (χ2v) is 6.93. The van der Waals surface area contributed by atoms with E-state index in [1.54, 1.807) is 0 Å². The van der Waals surface area contributed by atoms with Crippen LogP contribution in [0.2, 0.25) is 0 Å². The van der Waals surface area contributed by atoms with Crippen LogP contribution in [0, 0.1) is 6.92 Å².